The summed E-state index contributed by atoms with van der Waals surface area (Å²) >= 11 is 0. The molecule has 1 aromatic carbocycles. The van der Waals surface area contributed by atoms with Gasteiger partial charge in [-0.15, -0.1) is 6.58 Å². The zero-order valence-electron chi connectivity index (χ0n) is 16.3. The molecule has 0 radical (unpaired) electrons. The van der Waals surface area contributed by atoms with Crippen molar-refractivity contribution in [2.24, 2.45) is 17.8 Å². The minimum atomic E-state index is 0.810. The molecule has 0 aromatic heterocycles. The van der Waals surface area contributed by atoms with Crippen molar-refractivity contribution in [2.75, 3.05) is 0 Å². The van der Waals surface area contributed by atoms with E-state index in [-0.39, 0.29) is 0 Å². The van der Waals surface area contributed by atoms with E-state index in [9.17, 15) is 0 Å². The van der Waals surface area contributed by atoms with E-state index in [4.69, 9.17) is 0 Å². The summed E-state index contributed by atoms with van der Waals surface area (Å²) in [7, 11) is 0. The Balaban J connectivity index is 1.74. The van der Waals surface area contributed by atoms with E-state index < -0.39 is 0 Å². The number of rotatable bonds is 9. The smallest absolute Gasteiger partial charge is 0.0162 e. The molecule has 0 nitrogen and oxygen atoms in total. The Kier molecular flexibility index (Phi) is 8.09. The van der Waals surface area contributed by atoms with Crippen molar-refractivity contribution in [3.8, 4) is 0 Å². The molecule has 1 saturated carbocycles. The van der Waals surface area contributed by atoms with Crippen LogP contribution in [0.1, 0.15) is 88.7 Å². The summed E-state index contributed by atoms with van der Waals surface area (Å²) in [5.74, 6) is 3.59. The van der Waals surface area contributed by atoms with E-state index in [2.05, 4.69) is 57.7 Å². The van der Waals surface area contributed by atoms with Crippen LogP contribution in [0, 0.1) is 24.7 Å². The second-order valence-electron chi connectivity index (χ2n) is 8.22. The van der Waals surface area contributed by atoms with E-state index in [0.717, 1.165) is 23.7 Å². The summed E-state index contributed by atoms with van der Waals surface area (Å²) in [6.45, 7) is 10.9. The van der Waals surface area contributed by atoms with Crippen LogP contribution in [0.5, 0.6) is 0 Å². The summed E-state index contributed by atoms with van der Waals surface area (Å²) in [5.41, 5.74) is 2.95. The van der Waals surface area contributed by atoms with Crippen molar-refractivity contribution in [1.82, 2.24) is 0 Å². The minimum absolute atomic E-state index is 0.810. The van der Waals surface area contributed by atoms with E-state index in [0.29, 0.717) is 0 Å². The van der Waals surface area contributed by atoms with E-state index >= 15 is 0 Å². The third kappa shape index (κ3) is 5.80. The van der Waals surface area contributed by atoms with Crippen LogP contribution in [0.3, 0.4) is 0 Å². The van der Waals surface area contributed by atoms with Gasteiger partial charge in [-0.1, -0.05) is 69.0 Å². The highest BCUT2D eigenvalue weighted by Gasteiger charge is 2.26. The Bertz CT molecular complexity index is 461. The molecule has 2 unspecified atom stereocenters. The van der Waals surface area contributed by atoms with Gasteiger partial charge in [0.05, 0.1) is 0 Å². The lowest BCUT2D eigenvalue weighted by Crippen LogP contribution is -2.20. The number of hydrogen-bond acceptors (Lipinski definition) is 0. The van der Waals surface area contributed by atoms with Crippen LogP contribution in [0.25, 0.3) is 0 Å². The maximum atomic E-state index is 3.87. The summed E-state index contributed by atoms with van der Waals surface area (Å²) in [6, 6.07) is 9.26. The molecule has 0 amide bonds. The first-order chi connectivity index (χ1) is 11.6. The first kappa shape index (κ1) is 19.3. The molecule has 2 rings (SSSR count). The average molecular weight is 327 g/mol. The van der Waals surface area contributed by atoms with Gasteiger partial charge in [-0.25, -0.2) is 0 Å². The van der Waals surface area contributed by atoms with Gasteiger partial charge < -0.3 is 0 Å². The number of allylic oxidation sites excluding steroid dienone is 1. The van der Waals surface area contributed by atoms with E-state index in [1.807, 2.05) is 0 Å². The lowest BCUT2D eigenvalue weighted by molar-refractivity contribution is 0.222. The molecule has 1 aliphatic carbocycles. The maximum absolute atomic E-state index is 3.87. The Labute approximate surface area is 150 Å². The van der Waals surface area contributed by atoms with Gasteiger partial charge in [-0.2, -0.15) is 0 Å². The molecule has 0 saturated heterocycles. The van der Waals surface area contributed by atoms with Crippen LogP contribution in [0.4, 0.5) is 0 Å². The topological polar surface area (TPSA) is 0 Å². The number of aryl methyl sites for hydroxylation is 1. The van der Waals surface area contributed by atoms with Gasteiger partial charge in [-0.05, 0) is 74.7 Å². The van der Waals surface area contributed by atoms with E-state index in [1.165, 1.54) is 63.4 Å². The summed E-state index contributed by atoms with van der Waals surface area (Å²) in [5, 5.41) is 0. The van der Waals surface area contributed by atoms with Crippen molar-refractivity contribution in [1.29, 1.82) is 0 Å². The molecule has 0 heterocycles. The van der Waals surface area contributed by atoms with Crippen molar-refractivity contribution < 1.29 is 0 Å². The van der Waals surface area contributed by atoms with Gasteiger partial charge in [0.25, 0.3) is 0 Å². The molecule has 0 bridgehead atoms. The largest absolute Gasteiger partial charge is 0.103 e. The molecule has 134 valence electrons. The number of hydrogen-bond donors (Lipinski definition) is 0. The molecular weight excluding hydrogens is 288 g/mol. The van der Waals surface area contributed by atoms with Gasteiger partial charge in [-0.3, -0.25) is 0 Å². The van der Waals surface area contributed by atoms with Gasteiger partial charge in [0.15, 0.2) is 0 Å². The molecule has 0 N–H and O–H groups in total. The molecular formula is C24H38. The maximum Gasteiger partial charge on any atom is -0.0162 e. The highest BCUT2D eigenvalue weighted by molar-refractivity contribution is 5.24. The van der Waals surface area contributed by atoms with Crippen molar-refractivity contribution in [3.05, 3.63) is 48.0 Å². The monoisotopic (exact) mass is 326 g/mol. The summed E-state index contributed by atoms with van der Waals surface area (Å²) in [4.78, 5) is 0. The third-order valence-corrected chi connectivity index (χ3v) is 6.51. The second-order valence-corrected chi connectivity index (χ2v) is 8.22. The van der Waals surface area contributed by atoms with Gasteiger partial charge in [0.2, 0.25) is 0 Å². The van der Waals surface area contributed by atoms with Crippen molar-refractivity contribution in [3.63, 3.8) is 0 Å². The lowest BCUT2D eigenvalue weighted by Gasteiger charge is -2.33. The van der Waals surface area contributed by atoms with Crippen LogP contribution in [-0.4, -0.2) is 0 Å². The minimum Gasteiger partial charge on any atom is -0.103 e. The quantitative estimate of drug-likeness (QED) is 0.408. The Morgan fingerprint density at radius 2 is 1.71 bits per heavy atom. The van der Waals surface area contributed by atoms with Crippen LogP contribution in [0.15, 0.2) is 36.9 Å². The average Bonchev–Trinajstić information content (AvgIpc) is 2.62. The van der Waals surface area contributed by atoms with Crippen LogP contribution >= 0.6 is 0 Å². The first-order valence-corrected chi connectivity index (χ1v) is 10.3. The fourth-order valence-corrected chi connectivity index (χ4v) is 4.50. The van der Waals surface area contributed by atoms with Crippen LogP contribution < -0.4 is 0 Å². The van der Waals surface area contributed by atoms with Gasteiger partial charge >= 0.3 is 0 Å². The second kappa shape index (κ2) is 10.1. The summed E-state index contributed by atoms with van der Waals surface area (Å²) < 4.78 is 0. The predicted molar refractivity (Wildman–Crippen MR) is 107 cm³/mol. The normalized spacial score (nSPS) is 23.6. The molecule has 2 atom stereocenters. The van der Waals surface area contributed by atoms with Gasteiger partial charge in [0, 0.05) is 0 Å². The SMILES string of the molecule is C=CCCC(CC)CCC(C)C1CCC(c2ccc(C)cc2)CC1. The fraction of sp³-hybridized carbons (Fsp3) is 0.667. The van der Waals surface area contributed by atoms with Crippen LogP contribution in [0.2, 0.25) is 0 Å². The zero-order chi connectivity index (χ0) is 17.4. The standard InChI is InChI=1S/C24H38/c1-5-7-8-21(6-2)12-11-20(4)22-15-17-24(18-16-22)23-13-9-19(3)10-14-23/h5,9-10,13-14,20-22,24H,1,6-8,11-12,15-18H2,2-4H3. The Morgan fingerprint density at radius 1 is 1.04 bits per heavy atom. The lowest BCUT2D eigenvalue weighted by atomic mass is 9.72. The zero-order valence-corrected chi connectivity index (χ0v) is 16.3. The number of benzene rings is 1. The van der Waals surface area contributed by atoms with Crippen molar-refractivity contribution in [2.45, 2.75) is 84.5 Å². The molecule has 1 aliphatic rings. The third-order valence-electron chi connectivity index (χ3n) is 6.51. The van der Waals surface area contributed by atoms with E-state index in [1.54, 1.807) is 5.56 Å². The van der Waals surface area contributed by atoms with Crippen molar-refractivity contribution >= 4 is 0 Å². The molecule has 0 aliphatic heterocycles. The summed E-state index contributed by atoms with van der Waals surface area (Å²) in [6.07, 6.45) is 14.4. The Hall–Kier alpha value is -1.04. The van der Waals surface area contributed by atoms with Gasteiger partial charge in [0.1, 0.15) is 0 Å². The predicted octanol–water partition coefficient (Wildman–Crippen LogP) is 7.68. The highest BCUT2D eigenvalue weighted by atomic mass is 14.3. The Morgan fingerprint density at radius 3 is 2.29 bits per heavy atom. The highest BCUT2D eigenvalue weighted by Crippen LogP contribution is 2.40. The fourth-order valence-electron chi connectivity index (χ4n) is 4.50. The first-order valence-electron chi connectivity index (χ1n) is 10.3. The molecule has 0 spiro atoms. The molecule has 1 aromatic rings. The van der Waals surface area contributed by atoms with Crippen LogP contribution in [-0.2, 0) is 0 Å². The molecule has 0 heteroatoms. The molecule has 24 heavy (non-hydrogen) atoms. The molecule has 1 fully saturated rings.